The third-order valence-electron chi connectivity index (χ3n) is 4.12. The van der Waals surface area contributed by atoms with E-state index in [-0.39, 0.29) is 0 Å². The van der Waals surface area contributed by atoms with Crippen molar-refractivity contribution >= 4 is 10.9 Å². The quantitative estimate of drug-likeness (QED) is 0.576. The van der Waals surface area contributed by atoms with E-state index in [0.717, 1.165) is 11.2 Å². The fourth-order valence-electron chi connectivity index (χ4n) is 2.95. The van der Waals surface area contributed by atoms with E-state index in [1.54, 1.807) is 0 Å². The first kappa shape index (κ1) is 13.8. The molecule has 0 saturated carbocycles. The van der Waals surface area contributed by atoms with Gasteiger partial charge in [-0.2, -0.15) is 0 Å². The molecule has 0 radical (unpaired) electrons. The minimum atomic E-state index is 1.08. The number of rotatable bonds is 1. The van der Waals surface area contributed by atoms with Gasteiger partial charge in [0.05, 0.1) is 11.2 Å². The number of aryl methyl sites for hydroxylation is 5. The molecule has 21 heavy (non-hydrogen) atoms. The summed E-state index contributed by atoms with van der Waals surface area (Å²) in [6, 6.07) is 13.3. The van der Waals surface area contributed by atoms with Crippen LogP contribution in [0.3, 0.4) is 0 Å². The molecule has 0 aliphatic rings. The maximum atomic E-state index is 4.93. The number of nitrogens with zero attached hydrogens (tertiary/aromatic N) is 1. The summed E-state index contributed by atoms with van der Waals surface area (Å²) in [6.45, 7) is 10.7. The molecule has 1 aromatic heterocycles. The fraction of sp³-hybridized carbons (Fsp3) is 0.250. The van der Waals surface area contributed by atoms with Crippen LogP contribution in [0.2, 0.25) is 0 Å². The van der Waals surface area contributed by atoms with Crippen LogP contribution in [0.1, 0.15) is 27.8 Å². The maximum absolute atomic E-state index is 4.93. The standard InChI is InChI=1S/C20H21N/c1-12-6-13(2)8-18(7-12)20-16(5)10-17-9-14(3)15(4)11-19(17)21-20/h6-11H,1-5H3. The SMILES string of the molecule is Cc1cc(C)cc(-c2nc3cc(C)c(C)cc3cc2C)c1. The first-order valence-electron chi connectivity index (χ1n) is 7.41. The van der Waals surface area contributed by atoms with Gasteiger partial charge in [-0.3, -0.25) is 0 Å². The van der Waals surface area contributed by atoms with Gasteiger partial charge in [0.2, 0.25) is 0 Å². The molecule has 0 atom stereocenters. The lowest BCUT2D eigenvalue weighted by Crippen LogP contribution is -1.93. The molecule has 0 aliphatic carbocycles. The van der Waals surface area contributed by atoms with Gasteiger partial charge in [-0.15, -0.1) is 0 Å². The van der Waals surface area contributed by atoms with Crippen LogP contribution in [0.5, 0.6) is 0 Å². The topological polar surface area (TPSA) is 12.9 Å². The normalized spacial score (nSPS) is 11.1. The molecule has 3 rings (SSSR count). The Labute approximate surface area is 126 Å². The Kier molecular flexibility index (Phi) is 3.29. The van der Waals surface area contributed by atoms with Crippen LogP contribution in [-0.2, 0) is 0 Å². The highest BCUT2D eigenvalue weighted by atomic mass is 14.7. The molecule has 2 aromatic carbocycles. The van der Waals surface area contributed by atoms with Gasteiger partial charge < -0.3 is 0 Å². The summed E-state index contributed by atoms with van der Waals surface area (Å²) in [6.07, 6.45) is 0. The number of hydrogen-bond donors (Lipinski definition) is 0. The lowest BCUT2D eigenvalue weighted by Gasteiger charge is -2.11. The minimum absolute atomic E-state index is 1.08. The average Bonchev–Trinajstić information content (AvgIpc) is 2.39. The van der Waals surface area contributed by atoms with Crippen molar-refractivity contribution in [2.45, 2.75) is 34.6 Å². The predicted octanol–water partition coefficient (Wildman–Crippen LogP) is 5.44. The Morgan fingerprint density at radius 3 is 1.86 bits per heavy atom. The monoisotopic (exact) mass is 275 g/mol. The molecule has 106 valence electrons. The van der Waals surface area contributed by atoms with Crippen molar-refractivity contribution in [2.24, 2.45) is 0 Å². The van der Waals surface area contributed by atoms with Crippen molar-refractivity contribution in [2.75, 3.05) is 0 Å². The zero-order valence-corrected chi connectivity index (χ0v) is 13.4. The van der Waals surface area contributed by atoms with Crippen LogP contribution in [0.15, 0.2) is 36.4 Å². The smallest absolute Gasteiger partial charge is 0.0739 e. The second-order valence-electron chi connectivity index (χ2n) is 6.16. The lowest BCUT2D eigenvalue weighted by atomic mass is 9.99. The third-order valence-corrected chi connectivity index (χ3v) is 4.12. The van der Waals surface area contributed by atoms with Crippen LogP contribution in [-0.4, -0.2) is 4.98 Å². The van der Waals surface area contributed by atoms with E-state index in [9.17, 15) is 0 Å². The van der Waals surface area contributed by atoms with Gasteiger partial charge in [-0.05, 0) is 81.6 Å². The molecule has 0 fully saturated rings. The van der Waals surface area contributed by atoms with Crippen molar-refractivity contribution in [3.05, 3.63) is 64.2 Å². The molecule has 0 saturated heterocycles. The summed E-state index contributed by atoms with van der Waals surface area (Å²) in [4.78, 5) is 4.93. The molecular weight excluding hydrogens is 254 g/mol. The Morgan fingerprint density at radius 2 is 1.19 bits per heavy atom. The number of hydrogen-bond acceptors (Lipinski definition) is 1. The summed E-state index contributed by atoms with van der Waals surface area (Å²) in [5.41, 5.74) is 9.81. The van der Waals surface area contributed by atoms with Crippen LogP contribution in [0.4, 0.5) is 0 Å². The molecule has 0 unspecified atom stereocenters. The number of pyridine rings is 1. The van der Waals surface area contributed by atoms with Crippen molar-refractivity contribution in [3.63, 3.8) is 0 Å². The molecule has 1 nitrogen and oxygen atoms in total. The molecule has 1 heterocycles. The molecule has 0 N–H and O–H groups in total. The van der Waals surface area contributed by atoms with Gasteiger partial charge in [-0.25, -0.2) is 4.98 Å². The second kappa shape index (κ2) is 5.00. The van der Waals surface area contributed by atoms with Gasteiger partial charge in [0.1, 0.15) is 0 Å². The Morgan fingerprint density at radius 1 is 0.619 bits per heavy atom. The van der Waals surface area contributed by atoms with Crippen LogP contribution in [0, 0.1) is 34.6 Å². The van der Waals surface area contributed by atoms with Gasteiger partial charge in [-0.1, -0.05) is 17.2 Å². The van der Waals surface area contributed by atoms with Crippen LogP contribution >= 0.6 is 0 Å². The van der Waals surface area contributed by atoms with Crippen LogP contribution < -0.4 is 0 Å². The summed E-state index contributed by atoms with van der Waals surface area (Å²) in [7, 11) is 0. The van der Waals surface area contributed by atoms with Gasteiger partial charge >= 0.3 is 0 Å². The highest BCUT2D eigenvalue weighted by Gasteiger charge is 2.08. The highest BCUT2D eigenvalue weighted by Crippen LogP contribution is 2.28. The molecular formula is C20H21N. The van der Waals surface area contributed by atoms with Crippen molar-refractivity contribution < 1.29 is 0 Å². The fourth-order valence-corrected chi connectivity index (χ4v) is 2.95. The summed E-state index contributed by atoms with van der Waals surface area (Å²) < 4.78 is 0. The molecule has 3 aromatic rings. The van der Waals surface area contributed by atoms with E-state index in [4.69, 9.17) is 4.98 Å². The molecule has 0 aliphatic heterocycles. The van der Waals surface area contributed by atoms with E-state index in [2.05, 4.69) is 71.0 Å². The average molecular weight is 275 g/mol. The Bertz CT molecular complexity index is 824. The van der Waals surface area contributed by atoms with E-state index in [1.807, 2.05) is 0 Å². The van der Waals surface area contributed by atoms with Gasteiger partial charge in [0.15, 0.2) is 0 Å². The summed E-state index contributed by atoms with van der Waals surface area (Å²) in [5.74, 6) is 0. The van der Waals surface area contributed by atoms with E-state index in [1.165, 1.54) is 38.8 Å². The number of fused-ring (bicyclic) bond motifs is 1. The van der Waals surface area contributed by atoms with E-state index >= 15 is 0 Å². The minimum Gasteiger partial charge on any atom is -0.248 e. The largest absolute Gasteiger partial charge is 0.248 e. The number of benzene rings is 2. The summed E-state index contributed by atoms with van der Waals surface area (Å²) in [5, 5.41) is 1.23. The zero-order chi connectivity index (χ0) is 15.1. The highest BCUT2D eigenvalue weighted by molar-refractivity contribution is 5.84. The van der Waals surface area contributed by atoms with Crippen molar-refractivity contribution in [3.8, 4) is 11.3 Å². The number of aromatic nitrogens is 1. The Hall–Kier alpha value is -2.15. The van der Waals surface area contributed by atoms with Crippen molar-refractivity contribution in [1.29, 1.82) is 0 Å². The predicted molar refractivity (Wildman–Crippen MR) is 90.9 cm³/mol. The Balaban J connectivity index is 2.27. The summed E-state index contributed by atoms with van der Waals surface area (Å²) >= 11 is 0. The first-order valence-corrected chi connectivity index (χ1v) is 7.41. The molecule has 0 bridgehead atoms. The van der Waals surface area contributed by atoms with Crippen LogP contribution in [0.25, 0.3) is 22.2 Å². The van der Waals surface area contributed by atoms with Crippen molar-refractivity contribution in [1.82, 2.24) is 4.98 Å². The van der Waals surface area contributed by atoms with Gasteiger partial charge in [0.25, 0.3) is 0 Å². The first-order chi connectivity index (χ1) is 9.94. The molecule has 0 spiro atoms. The lowest BCUT2D eigenvalue weighted by molar-refractivity contribution is 1.28. The second-order valence-corrected chi connectivity index (χ2v) is 6.16. The third kappa shape index (κ3) is 2.56. The van der Waals surface area contributed by atoms with Gasteiger partial charge in [0, 0.05) is 10.9 Å². The molecule has 1 heteroatoms. The zero-order valence-electron chi connectivity index (χ0n) is 13.4. The molecule has 0 amide bonds. The van der Waals surface area contributed by atoms with E-state index < -0.39 is 0 Å². The van der Waals surface area contributed by atoms with E-state index in [0.29, 0.717) is 0 Å². The maximum Gasteiger partial charge on any atom is 0.0739 e.